The fourth-order valence-electron chi connectivity index (χ4n) is 2.86. The first-order valence-electron chi connectivity index (χ1n) is 9.39. The van der Waals surface area contributed by atoms with E-state index in [1.165, 1.54) is 29.9 Å². The maximum absolute atomic E-state index is 12.7. The molecule has 0 saturated heterocycles. The second-order valence-corrected chi connectivity index (χ2v) is 8.93. The molecular formula is C19H18BrN5O7S. The van der Waals surface area contributed by atoms with Crippen LogP contribution in [0.5, 0.6) is 0 Å². The third-order valence-corrected chi connectivity index (χ3v) is 6.00. The third kappa shape index (κ3) is 5.28. The van der Waals surface area contributed by atoms with Gasteiger partial charge in [-0.2, -0.15) is 4.68 Å². The molecule has 2 amide bonds. The highest BCUT2D eigenvalue weighted by molar-refractivity contribution is 9.10. The molecule has 0 unspecified atom stereocenters. The Kier molecular flexibility index (Phi) is 6.98. The summed E-state index contributed by atoms with van der Waals surface area (Å²) in [7, 11) is 0. The number of esters is 1. The molecule has 174 valence electrons. The number of nitrogens with two attached hydrogens (primary N) is 1. The number of hydrogen-bond donors (Lipinski definition) is 2. The van der Waals surface area contributed by atoms with Gasteiger partial charge in [0.15, 0.2) is 5.76 Å². The highest BCUT2D eigenvalue weighted by Gasteiger charge is 2.27. The standard InChI is InChI=1S/C19H18BrN5O7S/c1-8(2)31-19(28)13-9(3)14(15(21)26)33-18(13)22-17(27)12-5-4-10(32-12)6-24-7-11(20)16(23-24)25(29)30/h4-5,7-8H,6H2,1-3H3,(H2,21,26)(H,22,27). The van der Waals surface area contributed by atoms with Crippen LogP contribution in [0.15, 0.2) is 27.2 Å². The molecule has 3 N–H and O–H groups in total. The summed E-state index contributed by atoms with van der Waals surface area (Å²) in [6.45, 7) is 4.92. The minimum Gasteiger partial charge on any atom is -0.459 e. The number of rotatable bonds is 8. The summed E-state index contributed by atoms with van der Waals surface area (Å²) < 4.78 is 12.2. The number of furan rings is 1. The van der Waals surface area contributed by atoms with E-state index in [1.54, 1.807) is 13.8 Å². The smallest absolute Gasteiger partial charge is 0.404 e. The number of anilines is 1. The summed E-state index contributed by atoms with van der Waals surface area (Å²) in [6.07, 6.45) is 0.996. The molecule has 0 aliphatic carbocycles. The van der Waals surface area contributed by atoms with Crippen molar-refractivity contribution >= 4 is 55.9 Å². The molecule has 12 nitrogen and oxygen atoms in total. The number of aromatic nitrogens is 2. The predicted molar refractivity (Wildman–Crippen MR) is 120 cm³/mol. The van der Waals surface area contributed by atoms with Crippen LogP contribution < -0.4 is 11.1 Å². The maximum Gasteiger partial charge on any atom is 0.404 e. The van der Waals surface area contributed by atoms with Gasteiger partial charge >= 0.3 is 11.8 Å². The van der Waals surface area contributed by atoms with E-state index in [-0.39, 0.29) is 38.0 Å². The molecule has 0 aliphatic rings. The van der Waals surface area contributed by atoms with E-state index in [0.29, 0.717) is 11.3 Å². The van der Waals surface area contributed by atoms with E-state index >= 15 is 0 Å². The SMILES string of the molecule is Cc1c(C(N)=O)sc(NC(=O)c2ccc(Cn3cc(Br)c([N+](=O)[O-])n3)o2)c1C(=O)OC(C)C. The fourth-order valence-corrected chi connectivity index (χ4v) is 4.36. The van der Waals surface area contributed by atoms with E-state index in [0.717, 1.165) is 11.3 Å². The molecule has 33 heavy (non-hydrogen) atoms. The lowest BCUT2D eigenvalue weighted by Crippen LogP contribution is -2.17. The number of halogens is 1. The zero-order valence-corrected chi connectivity index (χ0v) is 20.0. The lowest BCUT2D eigenvalue weighted by atomic mass is 10.1. The molecule has 0 aromatic carbocycles. The molecule has 0 saturated carbocycles. The largest absolute Gasteiger partial charge is 0.459 e. The number of carbonyl (C=O) groups is 3. The van der Waals surface area contributed by atoms with Crippen LogP contribution in [0.4, 0.5) is 10.8 Å². The van der Waals surface area contributed by atoms with Gasteiger partial charge in [0.25, 0.3) is 11.8 Å². The number of ether oxygens (including phenoxy) is 1. The summed E-state index contributed by atoms with van der Waals surface area (Å²) in [5.74, 6) is -2.24. The average Bonchev–Trinajstić information content (AvgIpc) is 3.39. The normalized spacial score (nSPS) is 10.9. The third-order valence-electron chi connectivity index (χ3n) is 4.22. The monoisotopic (exact) mass is 539 g/mol. The van der Waals surface area contributed by atoms with Crippen molar-refractivity contribution < 1.29 is 28.5 Å². The first-order chi connectivity index (χ1) is 15.5. The lowest BCUT2D eigenvalue weighted by molar-refractivity contribution is -0.390. The van der Waals surface area contributed by atoms with Crippen molar-refractivity contribution in [3.05, 3.63) is 60.4 Å². The van der Waals surface area contributed by atoms with Crippen LogP contribution in [0.25, 0.3) is 0 Å². The number of amides is 2. The van der Waals surface area contributed by atoms with Crippen LogP contribution in [0.1, 0.15) is 55.8 Å². The van der Waals surface area contributed by atoms with Crippen LogP contribution in [-0.4, -0.2) is 38.6 Å². The van der Waals surface area contributed by atoms with Gasteiger partial charge in [-0.3, -0.25) is 9.59 Å². The van der Waals surface area contributed by atoms with Gasteiger partial charge in [-0.25, -0.2) is 4.79 Å². The summed E-state index contributed by atoms with van der Waals surface area (Å²) >= 11 is 3.92. The van der Waals surface area contributed by atoms with Crippen molar-refractivity contribution in [3.63, 3.8) is 0 Å². The van der Waals surface area contributed by atoms with Gasteiger partial charge in [0, 0.05) is 0 Å². The minimum atomic E-state index is -0.739. The maximum atomic E-state index is 12.7. The first kappa shape index (κ1) is 24.1. The Morgan fingerprint density at radius 1 is 1.39 bits per heavy atom. The second kappa shape index (κ2) is 9.54. The van der Waals surface area contributed by atoms with Crippen molar-refractivity contribution in [1.82, 2.24) is 9.78 Å². The van der Waals surface area contributed by atoms with Crippen LogP contribution in [0.2, 0.25) is 0 Å². The number of nitro groups is 1. The van der Waals surface area contributed by atoms with E-state index in [4.69, 9.17) is 14.9 Å². The molecule has 3 heterocycles. The van der Waals surface area contributed by atoms with Gasteiger partial charge in [-0.15, -0.1) is 11.3 Å². The van der Waals surface area contributed by atoms with Crippen molar-refractivity contribution in [2.75, 3.05) is 5.32 Å². The van der Waals surface area contributed by atoms with Crippen LogP contribution >= 0.6 is 27.3 Å². The highest BCUT2D eigenvalue weighted by atomic mass is 79.9. The van der Waals surface area contributed by atoms with Crippen molar-refractivity contribution in [3.8, 4) is 0 Å². The number of nitrogens with one attached hydrogen (secondary N) is 1. The summed E-state index contributed by atoms with van der Waals surface area (Å²) in [5, 5.41) is 17.4. The first-order valence-corrected chi connectivity index (χ1v) is 11.0. The van der Waals surface area contributed by atoms with E-state index < -0.39 is 28.8 Å². The van der Waals surface area contributed by atoms with Crippen molar-refractivity contribution in [2.45, 2.75) is 33.4 Å². The van der Waals surface area contributed by atoms with Crippen molar-refractivity contribution in [2.24, 2.45) is 5.73 Å². The number of primary amides is 1. The number of thiophene rings is 1. The molecule has 3 aromatic heterocycles. The van der Waals surface area contributed by atoms with Crippen LogP contribution in [0, 0.1) is 17.0 Å². The Labute approximate surface area is 199 Å². The Hall–Kier alpha value is -3.52. The molecule has 0 aliphatic heterocycles. The van der Waals surface area contributed by atoms with Crippen LogP contribution in [-0.2, 0) is 11.3 Å². The summed E-state index contributed by atoms with van der Waals surface area (Å²) in [6, 6.07) is 2.91. The van der Waals surface area contributed by atoms with Crippen molar-refractivity contribution in [1.29, 1.82) is 0 Å². The average molecular weight is 540 g/mol. The molecule has 3 aromatic rings. The van der Waals surface area contributed by atoms with Gasteiger partial charge in [-0.1, -0.05) is 0 Å². The van der Waals surface area contributed by atoms with E-state index in [2.05, 4.69) is 26.3 Å². The predicted octanol–water partition coefficient (Wildman–Crippen LogP) is 3.48. The Morgan fingerprint density at radius 3 is 2.67 bits per heavy atom. The molecule has 0 bridgehead atoms. The van der Waals surface area contributed by atoms with Gasteiger partial charge in [-0.05, 0) is 59.3 Å². The number of hydrogen-bond acceptors (Lipinski definition) is 9. The Morgan fingerprint density at radius 2 is 2.09 bits per heavy atom. The molecule has 14 heteroatoms. The van der Waals surface area contributed by atoms with E-state index in [9.17, 15) is 24.5 Å². The molecular weight excluding hydrogens is 522 g/mol. The van der Waals surface area contributed by atoms with Gasteiger partial charge < -0.3 is 30.3 Å². The van der Waals surface area contributed by atoms with Gasteiger partial charge in [0.05, 0.1) is 27.8 Å². The summed E-state index contributed by atoms with van der Waals surface area (Å²) in [5.41, 5.74) is 5.73. The number of nitrogens with zero attached hydrogens (tertiary/aromatic N) is 3. The van der Waals surface area contributed by atoms with Gasteiger partial charge in [0.1, 0.15) is 21.8 Å². The van der Waals surface area contributed by atoms with Crippen LogP contribution in [0.3, 0.4) is 0 Å². The topological polar surface area (TPSA) is 173 Å². The summed E-state index contributed by atoms with van der Waals surface area (Å²) in [4.78, 5) is 47.4. The zero-order valence-electron chi connectivity index (χ0n) is 17.6. The molecule has 0 fully saturated rings. The Balaban J connectivity index is 1.82. The lowest BCUT2D eigenvalue weighted by Gasteiger charge is -2.10. The van der Waals surface area contributed by atoms with Gasteiger partial charge in [0.2, 0.25) is 0 Å². The second-order valence-electron chi connectivity index (χ2n) is 7.05. The van der Waals surface area contributed by atoms with E-state index in [1.807, 2.05) is 0 Å². The zero-order chi connectivity index (χ0) is 24.4. The molecule has 0 spiro atoms. The highest BCUT2D eigenvalue weighted by Crippen LogP contribution is 2.34. The fraction of sp³-hybridized carbons (Fsp3) is 0.263. The molecule has 3 rings (SSSR count). The molecule has 0 radical (unpaired) electrons. The molecule has 0 atom stereocenters. The number of carbonyl (C=O) groups excluding carboxylic acids is 3. The minimum absolute atomic E-state index is 0.0373. The quantitative estimate of drug-likeness (QED) is 0.248. The Bertz CT molecular complexity index is 1260.